The SMILES string of the molecule is C=C1C[C@]23C[C@@]1(OC(C)=O)CC[C@]2(O)[C@@]12CC[C@H](OC(C)=O)[C@@](C)(C(=O)O1)[C@H]2[C@@H]3C(=O)OC. The van der Waals surface area contributed by atoms with Gasteiger partial charge in [-0.3, -0.25) is 19.2 Å². The third-order valence-corrected chi connectivity index (χ3v) is 9.53. The standard InChI is InChI=1S/C24H30O9/c1-12-10-21-11-22(12,32-14(3)26)8-9-24(21,29)23-7-6-15(31-13(2)25)20(4,19(28)33-23)17(23)16(21)18(27)30-5/h15-17,29H,1,6-11H2,2-5H3/t15-,16+,17+,20+,21+,22-,23-,24+/m0/s1. The van der Waals surface area contributed by atoms with Gasteiger partial charge in [-0.25, -0.2) is 0 Å². The van der Waals surface area contributed by atoms with E-state index in [0.29, 0.717) is 18.4 Å². The van der Waals surface area contributed by atoms with Gasteiger partial charge in [0, 0.05) is 31.6 Å². The maximum Gasteiger partial charge on any atom is 0.316 e. The van der Waals surface area contributed by atoms with Crippen molar-refractivity contribution in [1.82, 2.24) is 0 Å². The summed E-state index contributed by atoms with van der Waals surface area (Å²) in [6.07, 6.45) is 0.687. The van der Waals surface area contributed by atoms with E-state index >= 15 is 0 Å². The van der Waals surface area contributed by atoms with Crippen LogP contribution in [0.1, 0.15) is 59.3 Å². The fraction of sp³-hybridized carbons (Fsp3) is 0.750. The Morgan fingerprint density at radius 3 is 2.45 bits per heavy atom. The van der Waals surface area contributed by atoms with Crippen LogP contribution >= 0.6 is 0 Å². The minimum Gasteiger partial charge on any atom is -0.469 e. The van der Waals surface area contributed by atoms with Gasteiger partial charge >= 0.3 is 23.9 Å². The topological polar surface area (TPSA) is 125 Å². The number of carbonyl (C=O) groups excluding carboxylic acids is 4. The Bertz CT molecular complexity index is 1000. The lowest BCUT2D eigenvalue weighted by atomic mass is 9.58. The van der Waals surface area contributed by atoms with Crippen molar-refractivity contribution in [2.75, 3.05) is 7.11 Å². The van der Waals surface area contributed by atoms with E-state index in [0.717, 1.165) is 0 Å². The monoisotopic (exact) mass is 462 g/mol. The summed E-state index contributed by atoms with van der Waals surface area (Å²) in [6.45, 7) is 8.43. The second kappa shape index (κ2) is 6.37. The molecule has 9 nitrogen and oxygen atoms in total. The highest BCUT2D eigenvalue weighted by molar-refractivity contribution is 5.87. The van der Waals surface area contributed by atoms with Gasteiger partial charge in [0.05, 0.1) is 13.0 Å². The van der Waals surface area contributed by atoms with Gasteiger partial charge in [0.1, 0.15) is 28.3 Å². The van der Waals surface area contributed by atoms with Gasteiger partial charge in [-0.05, 0) is 44.6 Å². The molecule has 4 aliphatic carbocycles. The van der Waals surface area contributed by atoms with Crippen LogP contribution in [-0.4, -0.2) is 59.0 Å². The van der Waals surface area contributed by atoms with Crippen LogP contribution in [0, 0.1) is 22.7 Å². The summed E-state index contributed by atoms with van der Waals surface area (Å²) in [7, 11) is 1.27. The fourth-order valence-electron chi connectivity index (χ4n) is 8.46. The number of rotatable bonds is 3. The smallest absolute Gasteiger partial charge is 0.316 e. The van der Waals surface area contributed by atoms with Crippen molar-refractivity contribution in [2.45, 2.75) is 82.2 Å². The molecule has 0 aromatic carbocycles. The summed E-state index contributed by atoms with van der Waals surface area (Å²) in [5.74, 6) is -3.84. The first-order valence-electron chi connectivity index (χ1n) is 11.4. The molecule has 1 spiro atoms. The number of hydrogen-bond acceptors (Lipinski definition) is 9. The van der Waals surface area contributed by atoms with Crippen LogP contribution in [0.5, 0.6) is 0 Å². The van der Waals surface area contributed by atoms with Crippen molar-refractivity contribution in [2.24, 2.45) is 22.7 Å². The van der Waals surface area contributed by atoms with E-state index in [-0.39, 0.29) is 25.7 Å². The molecule has 4 bridgehead atoms. The van der Waals surface area contributed by atoms with Crippen molar-refractivity contribution in [3.63, 3.8) is 0 Å². The predicted octanol–water partition coefficient (Wildman–Crippen LogP) is 1.60. The predicted molar refractivity (Wildman–Crippen MR) is 110 cm³/mol. The molecule has 5 rings (SSSR count). The van der Waals surface area contributed by atoms with Gasteiger partial charge in [0.25, 0.3) is 0 Å². The molecule has 0 unspecified atom stereocenters. The van der Waals surface area contributed by atoms with Gasteiger partial charge in [-0.15, -0.1) is 0 Å². The highest BCUT2D eigenvalue weighted by atomic mass is 16.6. The number of carbonyl (C=O) groups is 4. The van der Waals surface area contributed by atoms with E-state index in [2.05, 4.69) is 6.58 Å². The van der Waals surface area contributed by atoms with Crippen LogP contribution in [0.15, 0.2) is 12.2 Å². The van der Waals surface area contributed by atoms with Crippen LogP contribution in [0.2, 0.25) is 0 Å². The average molecular weight is 462 g/mol. The van der Waals surface area contributed by atoms with Crippen molar-refractivity contribution in [3.05, 3.63) is 12.2 Å². The highest BCUT2D eigenvalue weighted by Gasteiger charge is 2.90. The lowest BCUT2D eigenvalue weighted by Gasteiger charge is -2.52. The van der Waals surface area contributed by atoms with Crippen LogP contribution in [-0.2, 0) is 38.1 Å². The normalized spacial score (nSPS) is 49.1. The minimum atomic E-state index is -1.55. The number of esters is 4. The van der Waals surface area contributed by atoms with Crippen molar-refractivity contribution < 1.29 is 43.2 Å². The quantitative estimate of drug-likeness (QED) is 0.378. The number of ether oxygens (including phenoxy) is 4. The molecular weight excluding hydrogens is 432 g/mol. The molecule has 0 aromatic heterocycles. The number of fused-ring (bicyclic) bond motifs is 1. The Kier molecular flexibility index (Phi) is 4.32. The molecule has 1 N–H and O–H groups in total. The molecule has 33 heavy (non-hydrogen) atoms. The molecule has 0 radical (unpaired) electrons. The summed E-state index contributed by atoms with van der Waals surface area (Å²) in [5, 5.41) is 12.5. The Labute approximate surface area is 191 Å². The third kappa shape index (κ3) is 2.27. The Balaban J connectivity index is 1.73. The number of hydrogen-bond donors (Lipinski definition) is 1. The van der Waals surface area contributed by atoms with Crippen LogP contribution in [0.25, 0.3) is 0 Å². The molecule has 4 saturated carbocycles. The maximum absolute atomic E-state index is 13.4. The van der Waals surface area contributed by atoms with Crippen LogP contribution in [0.3, 0.4) is 0 Å². The Morgan fingerprint density at radius 2 is 1.85 bits per heavy atom. The first kappa shape index (κ1) is 22.4. The fourth-order valence-corrected chi connectivity index (χ4v) is 8.46. The summed E-state index contributed by atoms with van der Waals surface area (Å²) in [4.78, 5) is 50.6. The lowest BCUT2D eigenvalue weighted by molar-refractivity contribution is -0.226. The third-order valence-electron chi connectivity index (χ3n) is 9.53. The van der Waals surface area contributed by atoms with Crippen LogP contribution < -0.4 is 0 Å². The van der Waals surface area contributed by atoms with E-state index in [9.17, 15) is 24.3 Å². The van der Waals surface area contributed by atoms with Gasteiger partial charge in [-0.2, -0.15) is 0 Å². The first-order valence-corrected chi connectivity index (χ1v) is 11.4. The second-order valence-corrected chi connectivity index (χ2v) is 10.7. The molecule has 1 saturated heterocycles. The minimum absolute atomic E-state index is 0.172. The summed E-state index contributed by atoms with van der Waals surface area (Å²) >= 11 is 0. The number of methoxy groups -OCH3 is 1. The van der Waals surface area contributed by atoms with E-state index in [1.54, 1.807) is 6.92 Å². The zero-order valence-corrected chi connectivity index (χ0v) is 19.4. The second-order valence-electron chi connectivity index (χ2n) is 10.7. The molecule has 0 amide bonds. The summed E-state index contributed by atoms with van der Waals surface area (Å²) in [6, 6.07) is 0. The Hall–Kier alpha value is -2.42. The highest BCUT2D eigenvalue weighted by Crippen LogP contribution is 2.80. The van der Waals surface area contributed by atoms with Gasteiger partial charge in [-0.1, -0.05) is 6.58 Å². The van der Waals surface area contributed by atoms with E-state index in [1.807, 2.05) is 0 Å². The maximum atomic E-state index is 13.4. The molecule has 8 atom stereocenters. The molecule has 180 valence electrons. The van der Waals surface area contributed by atoms with Crippen molar-refractivity contribution in [1.29, 1.82) is 0 Å². The molecule has 1 heterocycles. The van der Waals surface area contributed by atoms with Gasteiger partial charge in [0.15, 0.2) is 0 Å². The lowest BCUT2D eigenvalue weighted by Crippen LogP contribution is -2.64. The van der Waals surface area contributed by atoms with E-state index < -0.39 is 69.5 Å². The molecular formula is C24H30O9. The zero-order valence-electron chi connectivity index (χ0n) is 19.4. The van der Waals surface area contributed by atoms with E-state index in [4.69, 9.17) is 18.9 Å². The van der Waals surface area contributed by atoms with Crippen molar-refractivity contribution in [3.8, 4) is 0 Å². The molecule has 5 fully saturated rings. The zero-order chi connectivity index (χ0) is 24.2. The largest absolute Gasteiger partial charge is 0.469 e. The molecule has 5 aliphatic rings. The van der Waals surface area contributed by atoms with E-state index in [1.165, 1.54) is 21.0 Å². The molecule has 1 aliphatic heterocycles. The summed E-state index contributed by atoms with van der Waals surface area (Å²) in [5.41, 5.74) is -5.67. The Morgan fingerprint density at radius 1 is 1.15 bits per heavy atom. The first-order chi connectivity index (χ1) is 15.3. The molecule has 9 heteroatoms. The van der Waals surface area contributed by atoms with Gasteiger partial charge in [0.2, 0.25) is 0 Å². The van der Waals surface area contributed by atoms with Crippen LogP contribution in [0.4, 0.5) is 0 Å². The average Bonchev–Trinajstić information content (AvgIpc) is 3.15. The molecule has 0 aromatic rings. The van der Waals surface area contributed by atoms with Gasteiger partial charge < -0.3 is 24.1 Å². The summed E-state index contributed by atoms with van der Waals surface area (Å²) < 4.78 is 22.6. The number of aliphatic hydroxyl groups is 1. The van der Waals surface area contributed by atoms with Crippen molar-refractivity contribution >= 4 is 23.9 Å².